The molecule has 0 aromatic heterocycles. The van der Waals surface area contributed by atoms with Crippen LogP contribution in [0, 0.1) is 0 Å². The Morgan fingerprint density at radius 1 is 1.25 bits per heavy atom. The molecule has 0 bridgehead atoms. The Balaban J connectivity index is 2.25. The largest absolute Gasteiger partial charge is 0.363 e. The summed E-state index contributed by atoms with van der Waals surface area (Å²) >= 11 is 0. The van der Waals surface area contributed by atoms with Crippen molar-refractivity contribution in [2.45, 2.75) is 12.2 Å². The predicted octanol–water partition coefficient (Wildman–Crippen LogP) is 1.10. The maximum atomic E-state index is 9.30. The molecule has 3 nitrogen and oxygen atoms in total. The van der Waals surface area contributed by atoms with Crippen molar-refractivity contribution in [1.82, 2.24) is 0 Å². The van der Waals surface area contributed by atoms with Gasteiger partial charge in [-0.25, -0.2) is 0 Å². The third-order valence-electron chi connectivity index (χ3n) is 1.88. The fourth-order valence-corrected chi connectivity index (χ4v) is 1.23. The highest BCUT2D eigenvalue weighted by atomic mass is 16.7. The lowest BCUT2D eigenvalue weighted by Crippen LogP contribution is -2.15. The lowest BCUT2D eigenvalue weighted by atomic mass is 10.0. The van der Waals surface area contributed by atoms with Crippen LogP contribution >= 0.6 is 0 Å². The molecule has 1 aliphatic rings. The SMILES string of the molecule is OC1ON=CC1c1ccccc1. The van der Waals surface area contributed by atoms with Crippen LogP contribution in [-0.4, -0.2) is 17.6 Å². The molecule has 12 heavy (non-hydrogen) atoms. The molecule has 0 aliphatic carbocycles. The van der Waals surface area contributed by atoms with E-state index in [1.807, 2.05) is 30.3 Å². The van der Waals surface area contributed by atoms with Crippen LogP contribution in [0.25, 0.3) is 0 Å². The standard InChI is InChI=1S/C9H9NO2/c11-9-8(6-10-12-9)7-4-2-1-3-5-7/h1-6,8-9,11H. The van der Waals surface area contributed by atoms with Crippen LogP contribution in [0.2, 0.25) is 0 Å². The molecule has 0 saturated carbocycles. The predicted molar refractivity (Wildman–Crippen MR) is 44.8 cm³/mol. The van der Waals surface area contributed by atoms with Crippen LogP contribution in [0.15, 0.2) is 35.5 Å². The van der Waals surface area contributed by atoms with Gasteiger partial charge in [0.15, 0.2) is 0 Å². The zero-order valence-corrected chi connectivity index (χ0v) is 6.42. The summed E-state index contributed by atoms with van der Waals surface area (Å²) in [5, 5.41) is 12.8. The molecular weight excluding hydrogens is 154 g/mol. The Morgan fingerprint density at radius 2 is 2.00 bits per heavy atom. The summed E-state index contributed by atoms with van der Waals surface area (Å²) < 4.78 is 0. The van der Waals surface area contributed by atoms with Crippen molar-refractivity contribution < 1.29 is 9.94 Å². The van der Waals surface area contributed by atoms with Gasteiger partial charge in [0, 0.05) is 0 Å². The molecule has 0 saturated heterocycles. The van der Waals surface area contributed by atoms with Gasteiger partial charge in [-0.1, -0.05) is 35.5 Å². The van der Waals surface area contributed by atoms with E-state index in [1.165, 1.54) is 0 Å². The summed E-state index contributed by atoms with van der Waals surface area (Å²) in [6.45, 7) is 0. The van der Waals surface area contributed by atoms with Crippen LogP contribution in [-0.2, 0) is 4.84 Å². The lowest BCUT2D eigenvalue weighted by molar-refractivity contribution is -0.0853. The van der Waals surface area contributed by atoms with E-state index in [4.69, 9.17) is 0 Å². The van der Waals surface area contributed by atoms with Crippen LogP contribution in [0.1, 0.15) is 11.5 Å². The van der Waals surface area contributed by atoms with Gasteiger partial charge >= 0.3 is 0 Å². The van der Waals surface area contributed by atoms with E-state index in [2.05, 4.69) is 9.99 Å². The van der Waals surface area contributed by atoms with Gasteiger partial charge < -0.3 is 9.94 Å². The summed E-state index contributed by atoms with van der Waals surface area (Å²) in [6.07, 6.45) is 0.785. The zero-order valence-electron chi connectivity index (χ0n) is 6.42. The second-order valence-electron chi connectivity index (χ2n) is 2.69. The average Bonchev–Trinajstić information content (AvgIpc) is 2.53. The lowest BCUT2D eigenvalue weighted by Gasteiger charge is -2.09. The minimum Gasteiger partial charge on any atom is -0.363 e. The molecule has 3 heteroatoms. The van der Waals surface area contributed by atoms with E-state index in [0.717, 1.165) is 5.56 Å². The number of aliphatic hydroxyl groups excluding tert-OH is 1. The van der Waals surface area contributed by atoms with Gasteiger partial charge in [-0.05, 0) is 5.56 Å². The quantitative estimate of drug-likeness (QED) is 0.673. The molecule has 0 radical (unpaired) electrons. The molecule has 2 atom stereocenters. The molecule has 1 aliphatic heterocycles. The Bertz CT molecular complexity index is 284. The molecule has 2 rings (SSSR count). The first kappa shape index (κ1) is 7.31. The molecule has 0 fully saturated rings. The monoisotopic (exact) mass is 163 g/mol. The Morgan fingerprint density at radius 3 is 2.58 bits per heavy atom. The highest BCUT2D eigenvalue weighted by Gasteiger charge is 2.25. The van der Waals surface area contributed by atoms with Crippen molar-refractivity contribution >= 4 is 6.21 Å². The molecule has 0 amide bonds. The van der Waals surface area contributed by atoms with Crippen LogP contribution < -0.4 is 0 Å². The number of aliphatic hydroxyl groups is 1. The number of benzene rings is 1. The minimum atomic E-state index is -0.826. The first-order valence-corrected chi connectivity index (χ1v) is 3.80. The summed E-state index contributed by atoms with van der Waals surface area (Å²) in [6, 6.07) is 9.66. The van der Waals surface area contributed by atoms with Gasteiger partial charge in [0.05, 0.1) is 12.1 Å². The number of hydrogen-bond donors (Lipinski definition) is 1. The molecule has 1 aromatic carbocycles. The minimum absolute atomic E-state index is 0.119. The smallest absolute Gasteiger partial charge is 0.236 e. The highest BCUT2D eigenvalue weighted by Crippen LogP contribution is 2.22. The van der Waals surface area contributed by atoms with E-state index in [9.17, 15) is 5.11 Å². The van der Waals surface area contributed by atoms with Gasteiger partial charge in [0.2, 0.25) is 6.29 Å². The molecule has 1 N–H and O–H groups in total. The molecule has 0 spiro atoms. The zero-order chi connectivity index (χ0) is 8.39. The first-order valence-electron chi connectivity index (χ1n) is 3.80. The number of hydrogen-bond acceptors (Lipinski definition) is 3. The summed E-state index contributed by atoms with van der Waals surface area (Å²) in [5.74, 6) is -0.119. The maximum Gasteiger partial charge on any atom is 0.236 e. The van der Waals surface area contributed by atoms with Crippen molar-refractivity contribution in [3.8, 4) is 0 Å². The van der Waals surface area contributed by atoms with Gasteiger partial charge in [0.1, 0.15) is 0 Å². The van der Waals surface area contributed by atoms with Gasteiger partial charge in [-0.3, -0.25) is 0 Å². The molecule has 1 heterocycles. The molecular formula is C9H9NO2. The van der Waals surface area contributed by atoms with Gasteiger partial charge in [-0.2, -0.15) is 0 Å². The first-order chi connectivity index (χ1) is 5.88. The second-order valence-corrected chi connectivity index (χ2v) is 2.69. The average molecular weight is 163 g/mol. The van der Waals surface area contributed by atoms with E-state index in [-0.39, 0.29) is 5.92 Å². The summed E-state index contributed by atoms with van der Waals surface area (Å²) in [4.78, 5) is 4.64. The van der Waals surface area contributed by atoms with Crippen LogP contribution in [0.4, 0.5) is 0 Å². The van der Waals surface area contributed by atoms with Crippen molar-refractivity contribution in [2.75, 3.05) is 0 Å². The normalized spacial score (nSPS) is 27.1. The number of oxime groups is 1. The third-order valence-corrected chi connectivity index (χ3v) is 1.88. The molecule has 2 unspecified atom stereocenters. The topological polar surface area (TPSA) is 41.8 Å². The second kappa shape index (κ2) is 2.95. The van der Waals surface area contributed by atoms with Crippen molar-refractivity contribution in [3.05, 3.63) is 35.9 Å². The molecule has 1 aromatic rings. The van der Waals surface area contributed by atoms with E-state index in [1.54, 1.807) is 6.21 Å². The maximum absolute atomic E-state index is 9.30. The van der Waals surface area contributed by atoms with E-state index >= 15 is 0 Å². The third kappa shape index (κ3) is 1.19. The van der Waals surface area contributed by atoms with Crippen molar-refractivity contribution in [2.24, 2.45) is 5.16 Å². The number of nitrogens with zero attached hydrogens (tertiary/aromatic N) is 1. The van der Waals surface area contributed by atoms with Crippen molar-refractivity contribution in [1.29, 1.82) is 0 Å². The Kier molecular flexibility index (Phi) is 1.80. The Labute approximate surface area is 70.3 Å². The van der Waals surface area contributed by atoms with E-state index < -0.39 is 6.29 Å². The van der Waals surface area contributed by atoms with Crippen LogP contribution in [0.3, 0.4) is 0 Å². The van der Waals surface area contributed by atoms with Crippen LogP contribution in [0.5, 0.6) is 0 Å². The fraction of sp³-hybridized carbons (Fsp3) is 0.222. The highest BCUT2D eigenvalue weighted by molar-refractivity contribution is 5.69. The van der Waals surface area contributed by atoms with Crippen molar-refractivity contribution in [3.63, 3.8) is 0 Å². The number of rotatable bonds is 1. The fourth-order valence-electron chi connectivity index (χ4n) is 1.23. The van der Waals surface area contributed by atoms with Gasteiger partial charge in [0.25, 0.3) is 0 Å². The molecule has 62 valence electrons. The summed E-state index contributed by atoms with van der Waals surface area (Å²) in [5.41, 5.74) is 1.02. The Hall–Kier alpha value is -1.35. The van der Waals surface area contributed by atoms with Gasteiger partial charge in [-0.15, -0.1) is 0 Å². The summed E-state index contributed by atoms with van der Waals surface area (Å²) in [7, 11) is 0. The van der Waals surface area contributed by atoms with E-state index in [0.29, 0.717) is 0 Å².